The topological polar surface area (TPSA) is 62.1 Å². The average Bonchev–Trinajstić information content (AvgIpc) is 2.31. The van der Waals surface area contributed by atoms with Gasteiger partial charge in [-0.25, -0.2) is 0 Å². The Balaban J connectivity index is 2.70. The minimum absolute atomic E-state index is 0.105. The van der Waals surface area contributed by atoms with Gasteiger partial charge in [-0.05, 0) is 12.5 Å². The maximum absolute atomic E-state index is 11.9. The largest absolute Gasteiger partial charge is 0.383 e. The van der Waals surface area contributed by atoms with E-state index in [-0.39, 0.29) is 11.9 Å². The first-order valence-electron chi connectivity index (χ1n) is 5.43. The molecule has 0 aliphatic heterocycles. The summed E-state index contributed by atoms with van der Waals surface area (Å²) in [5.41, 5.74) is 0.706. The zero-order valence-electron chi connectivity index (χ0n) is 10.0. The number of ether oxygens (including phenoxy) is 1. The fourth-order valence-electron chi connectivity index (χ4n) is 1.55. The van der Waals surface area contributed by atoms with Crippen molar-refractivity contribution >= 4 is 5.91 Å². The van der Waals surface area contributed by atoms with Gasteiger partial charge in [-0.1, -0.05) is 30.3 Å². The van der Waals surface area contributed by atoms with Crippen LogP contribution in [0.25, 0.3) is 0 Å². The van der Waals surface area contributed by atoms with Crippen LogP contribution >= 0.6 is 0 Å². The number of carbonyl (C=O) groups is 1. The third-order valence-electron chi connectivity index (χ3n) is 2.33. The summed E-state index contributed by atoms with van der Waals surface area (Å²) in [6.45, 7) is 2.26. The van der Waals surface area contributed by atoms with Crippen molar-refractivity contribution in [2.24, 2.45) is 0 Å². The Kier molecular flexibility index (Phi) is 5.18. The number of nitrogens with one attached hydrogen (secondary N) is 1. The van der Waals surface area contributed by atoms with Gasteiger partial charge in [-0.15, -0.1) is 0 Å². The van der Waals surface area contributed by atoms with Crippen molar-refractivity contribution in [3.05, 3.63) is 35.9 Å². The van der Waals surface area contributed by atoms with E-state index in [1.165, 1.54) is 0 Å². The summed E-state index contributed by atoms with van der Waals surface area (Å²) in [4.78, 5) is 11.9. The number of hydrogen-bond donors (Lipinski definition) is 1. The second-order valence-electron chi connectivity index (χ2n) is 3.84. The molecule has 1 aromatic carbocycles. The molecule has 0 aliphatic carbocycles. The lowest BCUT2D eigenvalue weighted by atomic mass is 10.00. The number of amides is 1. The molecule has 0 saturated carbocycles. The monoisotopic (exact) mass is 232 g/mol. The summed E-state index contributed by atoms with van der Waals surface area (Å²) in [7, 11) is 1.57. The first-order chi connectivity index (χ1) is 8.19. The molecule has 0 aliphatic rings. The molecule has 1 N–H and O–H groups in total. The van der Waals surface area contributed by atoms with Gasteiger partial charge in [0.15, 0.2) is 0 Å². The van der Waals surface area contributed by atoms with E-state index in [0.717, 1.165) is 0 Å². The molecule has 0 spiro atoms. The number of rotatable bonds is 5. The Morgan fingerprint density at radius 1 is 1.47 bits per heavy atom. The van der Waals surface area contributed by atoms with Crippen molar-refractivity contribution < 1.29 is 9.53 Å². The molecule has 1 aromatic rings. The normalized spacial score (nSPS) is 13.5. The Morgan fingerprint density at radius 2 is 2.12 bits per heavy atom. The minimum Gasteiger partial charge on any atom is -0.383 e. The zero-order valence-corrected chi connectivity index (χ0v) is 10.0. The summed E-state index contributed by atoms with van der Waals surface area (Å²) >= 11 is 0. The second kappa shape index (κ2) is 6.66. The van der Waals surface area contributed by atoms with Crippen molar-refractivity contribution in [1.82, 2.24) is 5.32 Å². The first kappa shape index (κ1) is 13.2. The quantitative estimate of drug-likeness (QED) is 0.835. The number of methoxy groups -OCH3 is 1. The summed E-state index contributed by atoms with van der Waals surface area (Å²) in [6, 6.07) is 10.9. The van der Waals surface area contributed by atoms with Gasteiger partial charge in [-0.3, -0.25) is 4.79 Å². The molecule has 4 nitrogen and oxygen atoms in total. The third kappa shape index (κ3) is 3.89. The molecule has 2 unspecified atom stereocenters. The number of nitrogens with zero attached hydrogens (tertiary/aromatic N) is 1. The van der Waals surface area contributed by atoms with Gasteiger partial charge >= 0.3 is 0 Å². The van der Waals surface area contributed by atoms with Gasteiger partial charge < -0.3 is 10.1 Å². The number of carbonyl (C=O) groups excluding carboxylic acids is 1. The highest BCUT2D eigenvalue weighted by molar-refractivity contribution is 5.86. The van der Waals surface area contributed by atoms with Gasteiger partial charge in [0.05, 0.1) is 12.7 Å². The lowest BCUT2D eigenvalue weighted by molar-refractivity contribution is -0.122. The van der Waals surface area contributed by atoms with Crippen molar-refractivity contribution in [3.63, 3.8) is 0 Å². The summed E-state index contributed by atoms with van der Waals surface area (Å²) in [6.07, 6.45) is 0. The second-order valence-corrected chi connectivity index (χ2v) is 3.84. The van der Waals surface area contributed by atoms with Crippen LogP contribution in [-0.4, -0.2) is 25.7 Å². The van der Waals surface area contributed by atoms with Crippen LogP contribution in [0.5, 0.6) is 0 Å². The predicted octanol–water partition coefficient (Wildman–Crippen LogP) is 1.44. The maximum atomic E-state index is 11.9. The van der Waals surface area contributed by atoms with Gasteiger partial charge in [0.2, 0.25) is 5.91 Å². The standard InChI is InChI=1S/C13H16N2O2/c1-10(9-17-2)15-13(16)12(8-14)11-6-4-3-5-7-11/h3-7,10,12H,9H2,1-2H3,(H,15,16). The van der Waals surface area contributed by atoms with E-state index in [1.54, 1.807) is 19.2 Å². The molecule has 2 atom stereocenters. The molecule has 17 heavy (non-hydrogen) atoms. The lowest BCUT2D eigenvalue weighted by Crippen LogP contribution is -2.38. The molecular formula is C13H16N2O2. The van der Waals surface area contributed by atoms with Crippen molar-refractivity contribution in [2.45, 2.75) is 18.9 Å². The maximum Gasteiger partial charge on any atom is 0.242 e. The molecule has 1 rings (SSSR count). The highest BCUT2D eigenvalue weighted by atomic mass is 16.5. The SMILES string of the molecule is COCC(C)NC(=O)C(C#N)c1ccccc1. The average molecular weight is 232 g/mol. The van der Waals surface area contributed by atoms with E-state index in [4.69, 9.17) is 10.00 Å². The van der Waals surface area contributed by atoms with Crippen LogP contribution in [0.4, 0.5) is 0 Å². The fraction of sp³-hybridized carbons (Fsp3) is 0.385. The number of hydrogen-bond acceptors (Lipinski definition) is 3. The van der Waals surface area contributed by atoms with Crippen LogP contribution in [0, 0.1) is 11.3 Å². The van der Waals surface area contributed by atoms with Crippen molar-refractivity contribution in [2.75, 3.05) is 13.7 Å². The van der Waals surface area contributed by atoms with Crippen LogP contribution in [0.15, 0.2) is 30.3 Å². The third-order valence-corrected chi connectivity index (χ3v) is 2.33. The molecule has 0 aromatic heterocycles. The van der Waals surface area contributed by atoms with E-state index < -0.39 is 5.92 Å². The van der Waals surface area contributed by atoms with Gasteiger partial charge in [0, 0.05) is 13.2 Å². The van der Waals surface area contributed by atoms with E-state index >= 15 is 0 Å². The number of benzene rings is 1. The molecule has 4 heteroatoms. The summed E-state index contributed by atoms with van der Waals surface area (Å²) in [5.74, 6) is -1.06. The Labute approximate surface area is 101 Å². The zero-order chi connectivity index (χ0) is 12.7. The number of nitriles is 1. The Morgan fingerprint density at radius 3 is 2.65 bits per heavy atom. The smallest absolute Gasteiger partial charge is 0.242 e. The molecule has 1 amide bonds. The van der Waals surface area contributed by atoms with E-state index in [0.29, 0.717) is 12.2 Å². The van der Waals surface area contributed by atoms with Crippen LogP contribution in [-0.2, 0) is 9.53 Å². The van der Waals surface area contributed by atoms with Crippen molar-refractivity contribution in [1.29, 1.82) is 5.26 Å². The van der Waals surface area contributed by atoms with Gasteiger partial charge in [0.25, 0.3) is 0 Å². The molecule has 0 radical (unpaired) electrons. The van der Waals surface area contributed by atoms with Gasteiger partial charge in [0.1, 0.15) is 5.92 Å². The molecule has 0 saturated heterocycles. The highest BCUT2D eigenvalue weighted by Gasteiger charge is 2.21. The summed E-state index contributed by atoms with van der Waals surface area (Å²) < 4.78 is 4.93. The highest BCUT2D eigenvalue weighted by Crippen LogP contribution is 2.14. The molecule has 0 fully saturated rings. The van der Waals surface area contributed by atoms with Crippen LogP contribution in [0.3, 0.4) is 0 Å². The van der Waals surface area contributed by atoms with Gasteiger partial charge in [-0.2, -0.15) is 5.26 Å². The van der Waals surface area contributed by atoms with Crippen molar-refractivity contribution in [3.8, 4) is 6.07 Å². The fourth-order valence-corrected chi connectivity index (χ4v) is 1.55. The van der Waals surface area contributed by atoms with E-state index in [1.807, 2.05) is 31.2 Å². The Hall–Kier alpha value is -1.86. The molecule has 0 bridgehead atoms. The Bertz CT molecular complexity index is 398. The predicted molar refractivity (Wildman–Crippen MR) is 64.3 cm³/mol. The molecule has 90 valence electrons. The van der Waals surface area contributed by atoms with Crippen LogP contribution in [0.2, 0.25) is 0 Å². The van der Waals surface area contributed by atoms with E-state index in [2.05, 4.69) is 5.32 Å². The molecule has 0 heterocycles. The molecular weight excluding hydrogens is 216 g/mol. The van der Waals surface area contributed by atoms with Crippen LogP contribution < -0.4 is 5.32 Å². The summed E-state index contributed by atoms with van der Waals surface area (Å²) in [5, 5.41) is 11.8. The first-order valence-corrected chi connectivity index (χ1v) is 5.43. The van der Waals surface area contributed by atoms with E-state index in [9.17, 15) is 4.79 Å². The van der Waals surface area contributed by atoms with Crippen LogP contribution in [0.1, 0.15) is 18.4 Å². The minimum atomic E-state index is -0.768. The lowest BCUT2D eigenvalue weighted by Gasteiger charge is -2.15.